The molecule has 2 nitrogen and oxygen atoms in total. The van der Waals surface area contributed by atoms with Gasteiger partial charge in [-0.25, -0.2) is 0 Å². The van der Waals surface area contributed by atoms with E-state index in [1.807, 2.05) is 7.05 Å². The fourth-order valence-corrected chi connectivity index (χ4v) is 3.11. The lowest BCUT2D eigenvalue weighted by Crippen LogP contribution is -2.38. The van der Waals surface area contributed by atoms with Crippen molar-refractivity contribution in [3.8, 4) is 0 Å². The Bertz CT molecular complexity index is 299. The second-order valence-corrected chi connectivity index (χ2v) is 5.41. The summed E-state index contributed by atoms with van der Waals surface area (Å²) in [5.41, 5.74) is 1.45. The number of hydrogen-bond acceptors (Lipinski definition) is 3. The summed E-state index contributed by atoms with van der Waals surface area (Å²) in [6, 6.07) is 2.72. The summed E-state index contributed by atoms with van der Waals surface area (Å²) in [6.45, 7) is 2.17. The van der Waals surface area contributed by atoms with Gasteiger partial charge in [-0.3, -0.25) is 0 Å². The van der Waals surface area contributed by atoms with Crippen LogP contribution in [-0.4, -0.2) is 25.3 Å². The molecule has 1 N–H and O–H groups in total. The molecule has 1 aromatic rings. The second-order valence-electron chi connectivity index (χ2n) is 4.63. The number of rotatable bonds is 5. The van der Waals surface area contributed by atoms with Crippen molar-refractivity contribution in [3.05, 3.63) is 22.4 Å². The summed E-state index contributed by atoms with van der Waals surface area (Å²) in [5.74, 6) is 0. The Hall–Kier alpha value is -0.380. The van der Waals surface area contributed by atoms with Gasteiger partial charge in [0.15, 0.2) is 0 Å². The molecule has 1 saturated heterocycles. The first-order valence-electron chi connectivity index (χ1n) is 6.13. The summed E-state index contributed by atoms with van der Waals surface area (Å²) in [4.78, 5) is 0. The van der Waals surface area contributed by atoms with Gasteiger partial charge in [0.1, 0.15) is 0 Å². The maximum Gasteiger partial charge on any atom is 0.0732 e. The molecule has 2 heterocycles. The Labute approximate surface area is 102 Å². The maximum absolute atomic E-state index is 5.92. The van der Waals surface area contributed by atoms with Crippen LogP contribution in [0.2, 0.25) is 0 Å². The van der Waals surface area contributed by atoms with Crippen molar-refractivity contribution in [1.29, 1.82) is 0 Å². The molecule has 3 unspecified atom stereocenters. The molecule has 0 aliphatic carbocycles. The highest BCUT2D eigenvalue weighted by atomic mass is 32.1. The molecule has 1 aliphatic heterocycles. The molecule has 1 aliphatic rings. The third-order valence-corrected chi connectivity index (χ3v) is 4.14. The van der Waals surface area contributed by atoms with E-state index >= 15 is 0 Å². The Balaban J connectivity index is 1.81. The van der Waals surface area contributed by atoms with E-state index in [0.717, 1.165) is 6.42 Å². The van der Waals surface area contributed by atoms with E-state index in [4.69, 9.17) is 4.74 Å². The molecular weight excluding hydrogens is 218 g/mol. The van der Waals surface area contributed by atoms with Crippen LogP contribution in [0.3, 0.4) is 0 Å². The Morgan fingerprint density at radius 3 is 3.00 bits per heavy atom. The zero-order valence-corrected chi connectivity index (χ0v) is 10.9. The molecule has 3 heteroatoms. The number of thiophene rings is 1. The van der Waals surface area contributed by atoms with E-state index < -0.39 is 0 Å². The molecule has 2 rings (SSSR count). The molecule has 1 aromatic heterocycles. The first-order valence-corrected chi connectivity index (χ1v) is 7.07. The van der Waals surface area contributed by atoms with Gasteiger partial charge in [-0.1, -0.05) is 0 Å². The van der Waals surface area contributed by atoms with Gasteiger partial charge < -0.3 is 10.1 Å². The van der Waals surface area contributed by atoms with Crippen LogP contribution in [0.4, 0.5) is 0 Å². The summed E-state index contributed by atoms with van der Waals surface area (Å²) in [7, 11) is 2.05. The van der Waals surface area contributed by atoms with Gasteiger partial charge in [-0.05, 0) is 62.0 Å². The zero-order valence-electron chi connectivity index (χ0n) is 10.1. The van der Waals surface area contributed by atoms with Crippen LogP contribution in [0, 0.1) is 0 Å². The third kappa shape index (κ3) is 3.06. The molecule has 0 bridgehead atoms. The molecule has 1 fully saturated rings. The van der Waals surface area contributed by atoms with Crippen LogP contribution in [0.1, 0.15) is 31.7 Å². The predicted octanol–water partition coefficient (Wildman–Crippen LogP) is 2.84. The molecule has 3 atom stereocenters. The van der Waals surface area contributed by atoms with Crippen molar-refractivity contribution in [2.24, 2.45) is 0 Å². The molecule has 0 amide bonds. The van der Waals surface area contributed by atoms with Gasteiger partial charge in [0.25, 0.3) is 0 Å². The van der Waals surface area contributed by atoms with Crippen LogP contribution in [0.25, 0.3) is 0 Å². The van der Waals surface area contributed by atoms with Crippen LogP contribution in [0.15, 0.2) is 16.8 Å². The summed E-state index contributed by atoms with van der Waals surface area (Å²) < 4.78 is 5.92. The minimum atomic E-state index is 0.415. The quantitative estimate of drug-likeness (QED) is 0.853. The predicted molar refractivity (Wildman–Crippen MR) is 69.1 cm³/mol. The average Bonchev–Trinajstić information content (AvgIpc) is 2.91. The highest BCUT2D eigenvalue weighted by Gasteiger charge is 2.28. The Morgan fingerprint density at radius 1 is 1.56 bits per heavy atom. The van der Waals surface area contributed by atoms with Crippen molar-refractivity contribution in [1.82, 2.24) is 5.32 Å². The van der Waals surface area contributed by atoms with E-state index in [1.54, 1.807) is 11.3 Å². The van der Waals surface area contributed by atoms with Crippen molar-refractivity contribution in [3.63, 3.8) is 0 Å². The molecule has 0 aromatic carbocycles. The number of likely N-dealkylation sites (N-methyl/N-ethyl adjacent to an activating group) is 1. The first kappa shape index (κ1) is 12.1. The smallest absolute Gasteiger partial charge is 0.0732 e. The molecule has 90 valence electrons. The van der Waals surface area contributed by atoms with Gasteiger partial charge in [0, 0.05) is 6.04 Å². The van der Waals surface area contributed by atoms with Gasteiger partial charge in [0.2, 0.25) is 0 Å². The van der Waals surface area contributed by atoms with Gasteiger partial charge in [0.05, 0.1) is 12.2 Å². The molecular formula is C13H21NOS. The lowest BCUT2D eigenvalue weighted by Gasteiger charge is -2.23. The lowest BCUT2D eigenvalue weighted by atomic mass is 10.0. The average molecular weight is 239 g/mol. The normalized spacial score (nSPS) is 27.1. The van der Waals surface area contributed by atoms with Crippen LogP contribution in [-0.2, 0) is 11.2 Å². The zero-order chi connectivity index (χ0) is 11.4. The molecule has 16 heavy (non-hydrogen) atoms. The Kier molecular flexibility index (Phi) is 4.38. The van der Waals surface area contributed by atoms with Gasteiger partial charge in [-0.15, -0.1) is 0 Å². The minimum Gasteiger partial charge on any atom is -0.374 e. The first-order chi connectivity index (χ1) is 7.79. The summed E-state index contributed by atoms with van der Waals surface area (Å²) >= 11 is 1.78. The minimum absolute atomic E-state index is 0.415. The Morgan fingerprint density at radius 2 is 2.44 bits per heavy atom. The highest BCUT2D eigenvalue weighted by molar-refractivity contribution is 7.07. The molecule has 0 saturated carbocycles. The number of nitrogens with one attached hydrogen (secondary N) is 1. The van der Waals surface area contributed by atoms with Crippen molar-refractivity contribution < 1.29 is 4.74 Å². The molecule has 0 spiro atoms. The monoisotopic (exact) mass is 239 g/mol. The largest absolute Gasteiger partial charge is 0.374 e. The topological polar surface area (TPSA) is 21.3 Å². The lowest BCUT2D eigenvalue weighted by molar-refractivity contribution is 0.0319. The van der Waals surface area contributed by atoms with E-state index in [2.05, 4.69) is 29.1 Å². The number of ether oxygens (including phenoxy) is 1. The maximum atomic E-state index is 5.92. The van der Waals surface area contributed by atoms with Crippen LogP contribution < -0.4 is 5.32 Å². The number of aryl methyl sites for hydroxylation is 1. The van der Waals surface area contributed by atoms with E-state index in [9.17, 15) is 0 Å². The standard InChI is InChI=1S/C13H21NOS/c1-10-3-6-13(15-10)12(14-2)5-4-11-7-8-16-9-11/h7-10,12-14H,3-6H2,1-2H3. The van der Waals surface area contributed by atoms with Gasteiger partial charge >= 0.3 is 0 Å². The summed E-state index contributed by atoms with van der Waals surface area (Å²) in [6.07, 6.45) is 5.60. The number of hydrogen-bond donors (Lipinski definition) is 1. The SMILES string of the molecule is CNC(CCc1ccsc1)C1CCC(C)O1. The van der Waals surface area contributed by atoms with Crippen LogP contribution >= 0.6 is 11.3 Å². The van der Waals surface area contributed by atoms with E-state index in [1.165, 1.54) is 24.8 Å². The van der Waals surface area contributed by atoms with Crippen molar-refractivity contribution in [2.45, 2.75) is 50.9 Å². The van der Waals surface area contributed by atoms with Crippen molar-refractivity contribution >= 4 is 11.3 Å². The summed E-state index contributed by atoms with van der Waals surface area (Å²) in [5, 5.41) is 7.80. The highest BCUT2D eigenvalue weighted by Crippen LogP contribution is 2.24. The fraction of sp³-hybridized carbons (Fsp3) is 0.692. The van der Waals surface area contributed by atoms with Crippen LogP contribution in [0.5, 0.6) is 0 Å². The van der Waals surface area contributed by atoms with E-state index in [-0.39, 0.29) is 0 Å². The second kappa shape index (κ2) is 5.80. The third-order valence-electron chi connectivity index (χ3n) is 3.41. The van der Waals surface area contributed by atoms with Gasteiger partial charge in [-0.2, -0.15) is 11.3 Å². The molecule has 0 radical (unpaired) electrons. The fourth-order valence-electron chi connectivity index (χ4n) is 2.40. The van der Waals surface area contributed by atoms with E-state index in [0.29, 0.717) is 18.2 Å². The van der Waals surface area contributed by atoms with Crippen molar-refractivity contribution in [2.75, 3.05) is 7.05 Å².